The molecule has 0 aliphatic rings. The lowest BCUT2D eigenvalue weighted by molar-refractivity contribution is -0.148. The zero-order valence-corrected chi connectivity index (χ0v) is 9.89. The molecule has 0 atom stereocenters. The number of benzene rings is 1. The highest BCUT2D eigenvalue weighted by Crippen LogP contribution is 2.08. The van der Waals surface area contributed by atoms with Crippen LogP contribution in [0.1, 0.15) is 18.9 Å². The van der Waals surface area contributed by atoms with Gasteiger partial charge in [-0.05, 0) is 17.7 Å². The summed E-state index contributed by atoms with van der Waals surface area (Å²) >= 11 is 5.64. The van der Waals surface area contributed by atoms with Crippen LogP contribution in [0.3, 0.4) is 0 Å². The molecule has 0 bridgehead atoms. The molecule has 92 valence electrons. The van der Waals surface area contributed by atoms with E-state index in [2.05, 4.69) is 5.16 Å². The maximum atomic E-state index is 9.91. The van der Waals surface area contributed by atoms with Crippen molar-refractivity contribution in [3.8, 4) is 0 Å². The molecular formula is C11H12ClNO4. The van der Waals surface area contributed by atoms with Crippen LogP contribution < -0.4 is 0 Å². The van der Waals surface area contributed by atoms with E-state index >= 15 is 0 Å². The first-order valence-electron chi connectivity index (χ1n) is 4.70. The van der Waals surface area contributed by atoms with Crippen LogP contribution in [0.5, 0.6) is 0 Å². The summed E-state index contributed by atoms with van der Waals surface area (Å²) in [4.78, 5) is 19.5. The number of ketones is 1. The number of nitrogens with zero attached hydrogens (tertiary/aromatic N) is 1. The van der Waals surface area contributed by atoms with E-state index in [1.807, 2.05) is 0 Å². The average molecular weight is 258 g/mol. The van der Waals surface area contributed by atoms with Crippen LogP contribution in [-0.4, -0.2) is 28.3 Å². The lowest BCUT2D eigenvalue weighted by atomic mass is 10.2. The highest BCUT2D eigenvalue weighted by Gasteiger charge is 2.05. The van der Waals surface area contributed by atoms with Gasteiger partial charge < -0.3 is 10.3 Å². The van der Waals surface area contributed by atoms with E-state index in [-0.39, 0.29) is 6.42 Å². The Morgan fingerprint density at radius 2 is 2.12 bits per heavy atom. The summed E-state index contributed by atoms with van der Waals surface area (Å²) in [5, 5.41) is 19.5. The minimum Gasteiger partial charge on any atom is -0.476 e. The molecule has 2 N–H and O–H groups in total. The third-order valence-electron chi connectivity index (χ3n) is 1.62. The van der Waals surface area contributed by atoms with Crippen molar-refractivity contribution >= 4 is 29.6 Å². The van der Waals surface area contributed by atoms with Gasteiger partial charge in [-0.2, -0.15) is 0 Å². The second-order valence-corrected chi connectivity index (χ2v) is 3.32. The number of carboxylic acids is 1. The normalized spacial score (nSPS) is 9.53. The molecule has 17 heavy (non-hydrogen) atoms. The molecular weight excluding hydrogens is 246 g/mol. The fraction of sp³-hybridized carbons (Fsp3) is 0.182. The summed E-state index contributed by atoms with van der Waals surface area (Å²) in [6.07, 6.45) is 1.40. The monoisotopic (exact) mass is 257 g/mol. The summed E-state index contributed by atoms with van der Waals surface area (Å²) in [7, 11) is 0. The van der Waals surface area contributed by atoms with E-state index in [1.165, 1.54) is 13.1 Å². The van der Waals surface area contributed by atoms with Crippen LogP contribution in [0.15, 0.2) is 29.4 Å². The SMILES string of the molecule is CCC(=O)C(=O)O.ON=Cc1cccc(Cl)c1. The van der Waals surface area contributed by atoms with Crippen molar-refractivity contribution in [1.82, 2.24) is 0 Å². The predicted molar refractivity (Wildman–Crippen MR) is 63.8 cm³/mol. The zero-order chi connectivity index (χ0) is 13.3. The molecule has 0 heterocycles. The van der Waals surface area contributed by atoms with Gasteiger partial charge in [-0.1, -0.05) is 35.8 Å². The van der Waals surface area contributed by atoms with E-state index in [4.69, 9.17) is 21.9 Å². The predicted octanol–water partition coefficient (Wildman–Crippen LogP) is 2.20. The van der Waals surface area contributed by atoms with Crippen molar-refractivity contribution in [3.05, 3.63) is 34.9 Å². The molecule has 6 heteroatoms. The molecule has 0 saturated carbocycles. The van der Waals surface area contributed by atoms with E-state index in [1.54, 1.807) is 24.3 Å². The number of rotatable bonds is 3. The standard InChI is InChI=1S/C7H6ClNO.C4H6O3/c8-7-3-1-2-6(4-7)5-9-10;1-2-3(5)4(6)7/h1-5,10H;2H2,1H3,(H,6,7). The van der Waals surface area contributed by atoms with Gasteiger partial charge >= 0.3 is 5.97 Å². The lowest BCUT2D eigenvalue weighted by Crippen LogP contribution is -2.09. The maximum Gasteiger partial charge on any atom is 0.372 e. The highest BCUT2D eigenvalue weighted by atomic mass is 35.5. The fourth-order valence-electron chi connectivity index (χ4n) is 0.805. The third kappa shape index (κ3) is 7.08. The Balaban J connectivity index is 0.000000325. The molecule has 5 nitrogen and oxygen atoms in total. The minimum atomic E-state index is -1.34. The second kappa shape index (κ2) is 8.29. The largest absolute Gasteiger partial charge is 0.476 e. The van der Waals surface area contributed by atoms with Crippen molar-refractivity contribution < 1.29 is 19.9 Å². The van der Waals surface area contributed by atoms with E-state index in [0.717, 1.165) is 5.56 Å². The van der Waals surface area contributed by atoms with Crippen molar-refractivity contribution in [2.75, 3.05) is 0 Å². The van der Waals surface area contributed by atoms with Crippen LogP contribution in [0, 0.1) is 0 Å². The Morgan fingerprint density at radius 3 is 2.47 bits per heavy atom. The lowest BCUT2D eigenvalue weighted by Gasteiger charge is -1.90. The number of carboxylic acid groups (broad SMARTS) is 1. The molecule has 0 saturated heterocycles. The van der Waals surface area contributed by atoms with E-state index in [9.17, 15) is 9.59 Å². The van der Waals surface area contributed by atoms with Gasteiger partial charge in [-0.15, -0.1) is 0 Å². The highest BCUT2D eigenvalue weighted by molar-refractivity contribution is 6.32. The fourth-order valence-corrected chi connectivity index (χ4v) is 1.00. The van der Waals surface area contributed by atoms with Crippen molar-refractivity contribution in [3.63, 3.8) is 0 Å². The second-order valence-electron chi connectivity index (χ2n) is 2.88. The Hall–Kier alpha value is -1.88. The van der Waals surface area contributed by atoms with Gasteiger partial charge in [0.15, 0.2) is 0 Å². The summed E-state index contributed by atoms with van der Waals surface area (Å²) in [5.74, 6) is -2.08. The number of Topliss-reactive ketones (excluding diaryl/α,β-unsaturated/α-hetero) is 1. The van der Waals surface area contributed by atoms with Crippen LogP contribution in [0.2, 0.25) is 5.02 Å². The summed E-state index contributed by atoms with van der Waals surface area (Å²) in [6.45, 7) is 1.51. The Bertz CT molecular complexity index is 418. The van der Waals surface area contributed by atoms with Crippen molar-refractivity contribution in [2.45, 2.75) is 13.3 Å². The van der Waals surface area contributed by atoms with Crippen molar-refractivity contribution in [2.24, 2.45) is 5.16 Å². The van der Waals surface area contributed by atoms with E-state index < -0.39 is 11.8 Å². The van der Waals surface area contributed by atoms with Crippen LogP contribution >= 0.6 is 11.6 Å². The van der Waals surface area contributed by atoms with Crippen LogP contribution in [0.4, 0.5) is 0 Å². The molecule has 0 aromatic heterocycles. The van der Waals surface area contributed by atoms with Gasteiger partial charge in [0, 0.05) is 11.4 Å². The first-order chi connectivity index (χ1) is 8.01. The Morgan fingerprint density at radius 1 is 1.47 bits per heavy atom. The maximum absolute atomic E-state index is 9.91. The van der Waals surface area contributed by atoms with E-state index in [0.29, 0.717) is 5.02 Å². The van der Waals surface area contributed by atoms with Crippen LogP contribution in [0.25, 0.3) is 0 Å². The first-order valence-corrected chi connectivity index (χ1v) is 5.08. The smallest absolute Gasteiger partial charge is 0.372 e. The quantitative estimate of drug-likeness (QED) is 0.376. The molecule has 0 radical (unpaired) electrons. The number of aliphatic carboxylic acids is 1. The molecule has 1 aromatic rings. The van der Waals surface area contributed by atoms with Gasteiger partial charge in [-0.3, -0.25) is 4.79 Å². The molecule has 0 aliphatic carbocycles. The molecule has 1 aromatic carbocycles. The van der Waals surface area contributed by atoms with Gasteiger partial charge in [0.2, 0.25) is 5.78 Å². The van der Waals surface area contributed by atoms with Gasteiger partial charge in [0.05, 0.1) is 6.21 Å². The summed E-state index contributed by atoms with van der Waals surface area (Å²) in [6, 6.07) is 7.06. The number of hydrogen-bond donors (Lipinski definition) is 2. The molecule has 0 unspecified atom stereocenters. The Labute approximate surface area is 103 Å². The van der Waals surface area contributed by atoms with Crippen molar-refractivity contribution in [1.29, 1.82) is 0 Å². The molecule has 0 spiro atoms. The molecule has 0 amide bonds. The molecule has 0 aliphatic heterocycles. The number of carbonyl (C=O) groups excluding carboxylic acids is 1. The van der Waals surface area contributed by atoms with Gasteiger partial charge in [-0.25, -0.2) is 4.79 Å². The van der Waals surface area contributed by atoms with Gasteiger partial charge in [0.1, 0.15) is 0 Å². The number of halogens is 1. The summed E-state index contributed by atoms with van der Waals surface area (Å²) in [5.41, 5.74) is 0.787. The minimum absolute atomic E-state index is 0.0787. The number of hydrogen-bond acceptors (Lipinski definition) is 4. The summed E-state index contributed by atoms with van der Waals surface area (Å²) < 4.78 is 0. The Kier molecular flexibility index (Phi) is 7.38. The zero-order valence-electron chi connectivity index (χ0n) is 9.13. The third-order valence-corrected chi connectivity index (χ3v) is 1.85. The first kappa shape index (κ1) is 15.1. The van der Waals surface area contributed by atoms with Gasteiger partial charge in [0.25, 0.3) is 0 Å². The number of carbonyl (C=O) groups is 2. The molecule has 0 fully saturated rings. The topological polar surface area (TPSA) is 87.0 Å². The number of oxime groups is 1. The average Bonchev–Trinajstić information content (AvgIpc) is 2.29. The molecule has 1 rings (SSSR count). The van der Waals surface area contributed by atoms with Crippen LogP contribution in [-0.2, 0) is 9.59 Å².